The molecule has 0 spiro atoms. The van der Waals surface area contributed by atoms with Crippen molar-refractivity contribution in [2.24, 2.45) is 5.73 Å². The van der Waals surface area contributed by atoms with Crippen LogP contribution in [0.3, 0.4) is 0 Å². The number of rotatable bonds is 7. The minimum absolute atomic E-state index is 0.0620. The molecule has 0 amide bonds. The minimum atomic E-state index is -0.865. The van der Waals surface area contributed by atoms with Crippen LogP contribution in [0.1, 0.15) is 52.0 Å². The molecule has 0 bridgehead atoms. The molecule has 3 heteroatoms. The predicted octanol–water partition coefficient (Wildman–Crippen LogP) is 3.07. The van der Waals surface area contributed by atoms with E-state index in [1.807, 2.05) is 19.1 Å². The van der Waals surface area contributed by atoms with E-state index < -0.39 is 5.60 Å². The molecule has 1 aromatic rings. The molecule has 0 aromatic heterocycles. The fourth-order valence-electron chi connectivity index (χ4n) is 2.09. The summed E-state index contributed by atoms with van der Waals surface area (Å²) in [6, 6.07) is 8.21. The van der Waals surface area contributed by atoms with E-state index in [-0.39, 0.29) is 12.6 Å². The first-order chi connectivity index (χ1) is 8.88. The van der Waals surface area contributed by atoms with E-state index in [4.69, 9.17) is 10.5 Å². The standard InChI is InChI=1S/C16H27NO2/c1-5-12(2)14-6-8-15(9-7-14)19-13(3)10-16(4,18)11-17/h6-9,12-13,18H,5,10-11,17H2,1-4H3. The van der Waals surface area contributed by atoms with Crippen LogP contribution in [0.5, 0.6) is 5.75 Å². The maximum Gasteiger partial charge on any atom is 0.119 e. The second-order valence-electron chi connectivity index (χ2n) is 5.71. The minimum Gasteiger partial charge on any atom is -0.491 e. The van der Waals surface area contributed by atoms with Crippen LogP contribution in [-0.4, -0.2) is 23.4 Å². The average Bonchev–Trinajstić information content (AvgIpc) is 2.38. The Morgan fingerprint density at radius 3 is 2.32 bits per heavy atom. The SMILES string of the molecule is CCC(C)c1ccc(OC(C)CC(C)(O)CN)cc1. The van der Waals surface area contributed by atoms with E-state index >= 15 is 0 Å². The van der Waals surface area contributed by atoms with Gasteiger partial charge in [-0.3, -0.25) is 0 Å². The summed E-state index contributed by atoms with van der Waals surface area (Å²) in [6.45, 7) is 8.34. The molecule has 3 N–H and O–H groups in total. The zero-order chi connectivity index (χ0) is 14.5. The van der Waals surface area contributed by atoms with E-state index in [0.717, 1.165) is 12.2 Å². The summed E-state index contributed by atoms with van der Waals surface area (Å²) >= 11 is 0. The quantitative estimate of drug-likeness (QED) is 0.796. The highest BCUT2D eigenvalue weighted by Crippen LogP contribution is 2.23. The van der Waals surface area contributed by atoms with Crippen molar-refractivity contribution in [2.45, 2.75) is 58.2 Å². The van der Waals surface area contributed by atoms with Gasteiger partial charge < -0.3 is 15.6 Å². The Labute approximate surface area is 116 Å². The molecule has 0 aliphatic heterocycles. The van der Waals surface area contributed by atoms with Crippen LogP contribution >= 0.6 is 0 Å². The Morgan fingerprint density at radius 2 is 1.84 bits per heavy atom. The topological polar surface area (TPSA) is 55.5 Å². The largest absolute Gasteiger partial charge is 0.491 e. The smallest absolute Gasteiger partial charge is 0.119 e. The fraction of sp³-hybridized carbons (Fsp3) is 0.625. The molecule has 1 aromatic carbocycles. The summed E-state index contributed by atoms with van der Waals surface area (Å²) in [5.41, 5.74) is 5.98. The van der Waals surface area contributed by atoms with Crippen LogP contribution in [-0.2, 0) is 0 Å². The lowest BCUT2D eigenvalue weighted by atomic mass is 9.98. The van der Waals surface area contributed by atoms with Crippen molar-refractivity contribution < 1.29 is 9.84 Å². The Bertz CT molecular complexity index is 373. The van der Waals surface area contributed by atoms with Gasteiger partial charge in [0.05, 0.1) is 11.7 Å². The Balaban J connectivity index is 2.58. The van der Waals surface area contributed by atoms with Gasteiger partial charge in [-0.05, 0) is 43.9 Å². The molecule has 3 unspecified atom stereocenters. The van der Waals surface area contributed by atoms with Crippen molar-refractivity contribution in [2.75, 3.05) is 6.54 Å². The monoisotopic (exact) mass is 265 g/mol. The van der Waals surface area contributed by atoms with E-state index in [1.165, 1.54) is 5.56 Å². The molecule has 0 aliphatic carbocycles. The van der Waals surface area contributed by atoms with Crippen molar-refractivity contribution in [1.29, 1.82) is 0 Å². The van der Waals surface area contributed by atoms with Gasteiger partial charge in [0.2, 0.25) is 0 Å². The number of hydrogen-bond acceptors (Lipinski definition) is 3. The summed E-state index contributed by atoms with van der Waals surface area (Å²) in [5.74, 6) is 1.41. The van der Waals surface area contributed by atoms with Gasteiger partial charge in [0, 0.05) is 13.0 Å². The molecule has 0 aliphatic rings. The lowest BCUT2D eigenvalue weighted by Crippen LogP contribution is -2.38. The summed E-state index contributed by atoms with van der Waals surface area (Å²) in [5, 5.41) is 9.92. The third kappa shape index (κ3) is 5.21. The van der Waals surface area contributed by atoms with Crippen molar-refractivity contribution in [3.63, 3.8) is 0 Å². The highest BCUT2D eigenvalue weighted by molar-refractivity contribution is 5.29. The molecule has 3 nitrogen and oxygen atoms in total. The van der Waals surface area contributed by atoms with E-state index in [0.29, 0.717) is 12.3 Å². The molecule has 0 saturated heterocycles. The molecular formula is C16H27NO2. The van der Waals surface area contributed by atoms with Crippen molar-refractivity contribution in [1.82, 2.24) is 0 Å². The van der Waals surface area contributed by atoms with Gasteiger partial charge in [-0.25, -0.2) is 0 Å². The summed E-state index contributed by atoms with van der Waals surface area (Å²) in [7, 11) is 0. The predicted molar refractivity (Wildman–Crippen MR) is 79.5 cm³/mol. The van der Waals surface area contributed by atoms with Crippen molar-refractivity contribution in [3.05, 3.63) is 29.8 Å². The first-order valence-corrected chi connectivity index (χ1v) is 7.07. The van der Waals surface area contributed by atoms with Gasteiger partial charge in [-0.2, -0.15) is 0 Å². The van der Waals surface area contributed by atoms with Gasteiger partial charge in [0.25, 0.3) is 0 Å². The molecule has 0 fully saturated rings. The van der Waals surface area contributed by atoms with Crippen molar-refractivity contribution in [3.8, 4) is 5.75 Å². The first-order valence-electron chi connectivity index (χ1n) is 7.07. The van der Waals surface area contributed by atoms with Gasteiger partial charge in [0.1, 0.15) is 5.75 Å². The first kappa shape index (κ1) is 16.0. The van der Waals surface area contributed by atoms with Crippen molar-refractivity contribution >= 4 is 0 Å². The average molecular weight is 265 g/mol. The molecule has 0 radical (unpaired) electrons. The Morgan fingerprint density at radius 1 is 1.26 bits per heavy atom. The van der Waals surface area contributed by atoms with Crippen LogP contribution in [0.25, 0.3) is 0 Å². The maximum absolute atomic E-state index is 9.92. The zero-order valence-corrected chi connectivity index (χ0v) is 12.5. The molecule has 0 saturated carbocycles. The van der Waals surface area contributed by atoms with E-state index in [9.17, 15) is 5.11 Å². The van der Waals surface area contributed by atoms with Gasteiger partial charge in [0.15, 0.2) is 0 Å². The number of hydrogen-bond donors (Lipinski definition) is 2. The fourth-order valence-corrected chi connectivity index (χ4v) is 2.09. The molecule has 3 atom stereocenters. The van der Waals surface area contributed by atoms with Gasteiger partial charge >= 0.3 is 0 Å². The number of benzene rings is 1. The van der Waals surface area contributed by atoms with Crippen LogP contribution in [0.4, 0.5) is 0 Å². The third-order valence-electron chi connectivity index (χ3n) is 3.57. The van der Waals surface area contributed by atoms with Crippen LogP contribution in [0.2, 0.25) is 0 Å². The zero-order valence-electron chi connectivity index (χ0n) is 12.5. The number of ether oxygens (including phenoxy) is 1. The summed E-state index contributed by atoms with van der Waals surface area (Å²) in [4.78, 5) is 0. The van der Waals surface area contributed by atoms with E-state index in [2.05, 4.69) is 26.0 Å². The second kappa shape index (κ2) is 6.92. The van der Waals surface area contributed by atoms with Crippen LogP contribution in [0.15, 0.2) is 24.3 Å². The normalized spacial score (nSPS) is 17.6. The maximum atomic E-state index is 9.92. The third-order valence-corrected chi connectivity index (χ3v) is 3.57. The highest BCUT2D eigenvalue weighted by atomic mass is 16.5. The molecule has 19 heavy (non-hydrogen) atoms. The molecule has 1 rings (SSSR count). The molecular weight excluding hydrogens is 238 g/mol. The van der Waals surface area contributed by atoms with E-state index in [1.54, 1.807) is 6.92 Å². The summed E-state index contributed by atoms with van der Waals surface area (Å²) in [6.07, 6.45) is 1.60. The lowest BCUT2D eigenvalue weighted by molar-refractivity contribution is 0.0237. The number of nitrogens with two attached hydrogens (primary N) is 1. The highest BCUT2D eigenvalue weighted by Gasteiger charge is 2.22. The van der Waals surface area contributed by atoms with Crippen LogP contribution < -0.4 is 10.5 Å². The van der Waals surface area contributed by atoms with Gasteiger partial charge in [-0.15, -0.1) is 0 Å². The lowest BCUT2D eigenvalue weighted by Gasteiger charge is -2.25. The van der Waals surface area contributed by atoms with Gasteiger partial charge in [-0.1, -0.05) is 26.0 Å². The Hall–Kier alpha value is -1.06. The second-order valence-corrected chi connectivity index (χ2v) is 5.71. The molecule has 108 valence electrons. The molecule has 0 heterocycles. The summed E-state index contributed by atoms with van der Waals surface area (Å²) < 4.78 is 5.80. The Kier molecular flexibility index (Phi) is 5.83. The van der Waals surface area contributed by atoms with Crippen LogP contribution in [0, 0.1) is 0 Å². The number of aliphatic hydroxyl groups is 1.